The van der Waals surface area contributed by atoms with Gasteiger partial charge in [0.2, 0.25) is 0 Å². The highest BCUT2D eigenvalue weighted by atomic mass is 16.4. The van der Waals surface area contributed by atoms with Crippen LogP contribution in [0.3, 0.4) is 0 Å². The van der Waals surface area contributed by atoms with Crippen molar-refractivity contribution in [2.24, 2.45) is 17.6 Å². The van der Waals surface area contributed by atoms with Gasteiger partial charge in [-0.3, -0.25) is 9.59 Å². The van der Waals surface area contributed by atoms with Crippen molar-refractivity contribution in [3.8, 4) is 0 Å². The third-order valence-corrected chi connectivity index (χ3v) is 1.50. The van der Waals surface area contributed by atoms with Crippen molar-refractivity contribution in [2.75, 3.05) is 0 Å². The summed E-state index contributed by atoms with van der Waals surface area (Å²) in [5, 5.41) is 16.2. The van der Waals surface area contributed by atoms with E-state index in [1.807, 2.05) is 0 Å². The van der Waals surface area contributed by atoms with Crippen LogP contribution < -0.4 is 5.73 Å². The average molecular weight is 205 g/mol. The second kappa shape index (κ2) is 7.32. The number of aliphatic carboxylic acids is 2. The predicted octanol–water partition coefficient (Wildman–Crippen LogP) is 0.781. The zero-order chi connectivity index (χ0) is 11.9. The predicted molar refractivity (Wildman–Crippen MR) is 52.9 cm³/mol. The van der Waals surface area contributed by atoms with E-state index in [1.54, 1.807) is 27.7 Å². The highest BCUT2D eigenvalue weighted by Crippen LogP contribution is 1.96. The Labute approximate surface area is 83.9 Å². The van der Waals surface area contributed by atoms with Crippen molar-refractivity contribution >= 4 is 11.9 Å². The molecule has 5 heteroatoms. The standard InChI is InChI=1S/C5H11NO2.C4H8O2/c1-3(2)4(6)5(7)8;1-3(2)4(5)6/h3-4H,6H2,1-2H3,(H,7,8);3H,1-2H3,(H,5,6)/t4-;/m0./s1. The minimum atomic E-state index is -0.931. The zero-order valence-electron chi connectivity index (χ0n) is 9.02. The van der Waals surface area contributed by atoms with Gasteiger partial charge in [0, 0.05) is 0 Å². The van der Waals surface area contributed by atoms with Crippen LogP contribution in [0.4, 0.5) is 0 Å². The minimum absolute atomic E-state index is 0.0208. The summed E-state index contributed by atoms with van der Waals surface area (Å²) in [5.74, 6) is -1.88. The Balaban J connectivity index is 0. The lowest BCUT2D eigenvalue weighted by Gasteiger charge is -2.07. The number of nitrogens with two attached hydrogens (primary N) is 1. The molecular formula is C9H19NO4. The van der Waals surface area contributed by atoms with Crippen molar-refractivity contribution in [1.29, 1.82) is 0 Å². The van der Waals surface area contributed by atoms with Crippen LogP contribution in [0.1, 0.15) is 27.7 Å². The fourth-order valence-electron chi connectivity index (χ4n) is 0.285. The van der Waals surface area contributed by atoms with E-state index < -0.39 is 18.0 Å². The largest absolute Gasteiger partial charge is 0.481 e. The van der Waals surface area contributed by atoms with Crippen molar-refractivity contribution in [3.63, 3.8) is 0 Å². The SMILES string of the molecule is CC(C)C(=O)O.CC(C)[C@H](N)C(=O)O. The highest BCUT2D eigenvalue weighted by molar-refractivity contribution is 5.73. The number of hydrogen-bond donors (Lipinski definition) is 3. The quantitative estimate of drug-likeness (QED) is 0.632. The molecule has 84 valence electrons. The molecule has 0 saturated carbocycles. The van der Waals surface area contributed by atoms with Crippen molar-refractivity contribution in [2.45, 2.75) is 33.7 Å². The first-order valence-corrected chi connectivity index (χ1v) is 4.41. The topological polar surface area (TPSA) is 101 Å². The lowest BCUT2D eigenvalue weighted by molar-refractivity contribution is -0.141. The van der Waals surface area contributed by atoms with Gasteiger partial charge < -0.3 is 15.9 Å². The molecule has 0 bridgehead atoms. The Bertz CT molecular complexity index is 189. The van der Waals surface area contributed by atoms with Crippen LogP contribution in [0.2, 0.25) is 0 Å². The molecule has 0 rings (SSSR count). The molecule has 0 saturated heterocycles. The van der Waals surface area contributed by atoms with Gasteiger partial charge in [0.1, 0.15) is 6.04 Å². The lowest BCUT2D eigenvalue weighted by atomic mass is 10.1. The number of carboxylic acids is 2. The summed E-state index contributed by atoms with van der Waals surface area (Å²) in [7, 11) is 0. The summed E-state index contributed by atoms with van der Waals surface area (Å²) in [6.45, 7) is 6.84. The van der Waals surface area contributed by atoms with Gasteiger partial charge in [0.25, 0.3) is 0 Å². The summed E-state index contributed by atoms with van der Waals surface area (Å²) < 4.78 is 0. The Hall–Kier alpha value is -1.10. The maximum absolute atomic E-state index is 10.0. The van der Waals surface area contributed by atoms with Crippen molar-refractivity contribution in [1.82, 2.24) is 0 Å². The van der Waals surface area contributed by atoms with Gasteiger partial charge in [-0.05, 0) is 5.92 Å². The Morgan fingerprint density at radius 2 is 1.29 bits per heavy atom. The third kappa shape index (κ3) is 8.99. The number of hydrogen-bond acceptors (Lipinski definition) is 3. The monoisotopic (exact) mass is 205 g/mol. The fraction of sp³-hybridized carbons (Fsp3) is 0.778. The van der Waals surface area contributed by atoms with Gasteiger partial charge in [-0.2, -0.15) is 0 Å². The Morgan fingerprint density at radius 1 is 1.00 bits per heavy atom. The van der Waals surface area contributed by atoms with E-state index in [2.05, 4.69) is 0 Å². The van der Waals surface area contributed by atoms with E-state index in [0.717, 1.165) is 0 Å². The molecule has 0 unspecified atom stereocenters. The smallest absolute Gasteiger partial charge is 0.320 e. The van der Waals surface area contributed by atoms with E-state index in [1.165, 1.54) is 0 Å². The van der Waals surface area contributed by atoms with Crippen LogP contribution in [-0.2, 0) is 9.59 Å². The molecule has 0 amide bonds. The van der Waals surface area contributed by atoms with E-state index >= 15 is 0 Å². The molecule has 0 aromatic rings. The van der Waals surface area contributed by atoms with Gasteiger partial charge in [-0.15, -0.1) is 0 Å². The summed E-state index contributed by atoms with van der Waals surface area (Å²) in [4.78, 5) is 19.7. The average Bonchev–Trinajstić information content (AvgIpc) is 2.03. The molecule has 14 heavy (non-hydrogen) atoms. The second-order valence-corrected chi connectivity index (χ2v) is 3.60. The van der Waals surface area contributed by atoms with E-state index in [9.17, 15) is 9.59 Å². The second-order valence-electron chi connectivity index (χ2n) is 3.60. The molecule has 5 nitrogen and oxygen atoms in total. The molecule has 0 spiro atoms. The first-order chi connectivity index (χ1) is 6.20. The van der Waals surface area contributed by atoms with E-state index in [4.69, 9.17) is 15.9 Å². The normalized spacial score (nSPS) is 11.9. The molecule has 0 radical (unpaired) electrons. The molecule has 0 aromatic heterocycles. The molecule has 0 fully saturated rings. The molecule has 4 N–H and O–H groups in total. The molecule has 0 heterocycles. The third-order valence-electron chi connectivity index (χ3n) is 1.50. The highest BCUT2D eigenvalue weighted by Gasteiger charge is 2.14. The summed E-state index contributed by atoms with van der Waals surface area (Å²) in [6.07, 6.45) is 0. The minimum Gasteiger partial charge on any atom is -0.481 e. The first-order valence-electron chi connectivity index (χ1n) is 4.41. The number of carbonyl (C=O) groups is 2. The maximum Gasteiger partial charge on any atom is 0.320 e. The van der Waals surface area contributed by atoms with Crippen molar-refractivity contribution in [3.05, 3.63) is 0 Å². The molecule has 0 aromatic carbocycles. The van der Waals surface area contributed by atoms with Gasteiger partial charge in [0.05, 0.1) is 5.92 Å². The molecular weight excluding hydrogens is 186 g/mol. The van der Waals surface area contributed by atoms with Crippen LogP contribution >= 0.6 is 0 Å². The number of carboxylic acid groups (broad SMARTS) is 2. The van der Waals surface area contributed by atoms with Gasteiger partial charge in [0.15, 0.2) is 0 Å². The van der Waals surface area contributed by atoms with Crippen LogP contribution in [-0.4, -0.2) is 28.2 Å². The molecule has 0 aliphatic heterocycles. The van der Waals surface area contributed by atoms with Crippen molar-refractivity contribution < 1.29 is 19.8 Å². The van der Waals surface area contributed by atoms with Gasteiger partial charge >= 0.3 is 11.9 Å². The van der Waals surface area contributed by atoms with Gasteiger partial charge in [-0.25, -0.2) is 0 Å². The Morgan fingerprint density at radius 3 is 1.29 bits per heavy atom. The molecule has 0 aliphatic rings. The van der Waals surface area contributed by atoms with Crippen LogP contribution in [0, 0.1) is 11.8 Å². The Kier molecular flexibility index (Phi) is 8.04. The fourth-order valence-corrected chi connectivity index (χ4v) is 0.285. The lowest BCUT2D eigenvalue weighted by Crippen LogP contribution is -2.34. The van der Waals surface area contributed by atoms with Crippen LogP contribution in [0.25, 0.3) is 0 Å². The molecule has 1 atom stereocenters. The van der Waals surface area contributed by atoms with Gasteiger partial charge in [-0.1, -0.05) is 27.7 Å². The van der Waals surface area contributed by atoms with E-state index in [-0.39, 0.29) is 11.8 Å². The summed E-state index contributed by atoms with van der Waals surface area (Å²) in [6, 6.07) is -0.713. The summed E-state index contributed by atoms with van der Waals surface area (Å²) >= 11 is 0. The molecule has 0 aliphatic carbocycles. The maximum atomic E-state index is 10.0. The van der Waals surface area contributed by atoms with E-state index in [0.29, 0.717) is 0 Å². The first kappa shape index (κ1) is 15.4. The van der Waals surface area contributed by atoms with Crippen LogP contribution in [0.5, 0.6) is 0 Å². The van der Waals surface area contributed by atoms with Crippen LogP contribution in [0.15, 0.2) is 0 Å². The summed E-state index contributed by atoms with van der Waals surface area (Å²) in [5.41, 5.74) is 5.16. The number of rotatable bonds is 3. The zero-order valence-corrected chi connectivity index (χ0v) is 9.02.